The Morgan fingerprint density at radius 1 is 1.47 bits per heavy atom. The van der Waals surface area contributed by atoms with Gasteiger partial charge in [-0.2, -0.15) is 12.6 Å². The first-order valence-corrected chi connectivity index (χ1v) is 7.97. The van der Waals surface area contributed by atoms with E-state index in [9.17, 15) is 8.42 Å². The first-order chi connectivity index (χ1) is 6.96. The van der Waals surface area contributed by atoms with Crippen LogP contribution in [0.2, 0.25) is 0 Å². The Labute approximate surface area is 97.6 Å². The van der Waals surface area contributed by atoms with E-state index < -0.39 is 9.84 Å². The predicted molar refractivity (Wildman–Crippen MR) is 65.2 cm³/mol. The minimum absolute atomic E-state index is 0.182. The summed E-state index contributed by atoms with van der Waals surface area (Å²) >= 11 is 4.38. The topological polar surface area (TPSA) is 37.4 Å². The van der Waals surface area contributed by atoms with Gasteiger partial charge in [0.25, 0.3) is 0 Å². The van der Waals surface area contributed by atoms with Gasteiger partial charge in [0.2, 0.25) is 0 Å². The van der Waals surface area contributed by atoms with E-state index >= 15 is 0 Å². The molecule has 1 aliphatic heterocycles. The fourth-order valence-electron chi connectivity index (χ4n) is 2.24. The average Bonchev–Trinajstić information content (AvgIpc) is 2.90. The first kappa shape index (κ1) is 11.7. The Morgan fingerprint density at radius 2 is 2.13 bits per heavy atom. The molecule has 0 radical (unpaired) electrons. The van der Waals surface area contributed by atoms with Gasteiger partial charge in [-0.1, -0.05) is 0 Å². The summed E-state index contributed by atoms with van der Waals surface area (Å²) in [6, 6.07) is 0.182. The summed E-state index contributed by atoms with van der Waals surface area (Å²) in [6.45, 7) is 3.76. The van der Waals surface area contributed by atoms with Crippen LogP contribution in [0.4, 0.5) is 0 Å². The van der Waals surface area contributed by atoms with Gasteiger partial charge in [0.1, 0.15) is 0 Å². The summed E-state index contributed by atoms with van der Waals surface area (Å²) in [5.74, 6) is 1.60. The van der Waals surface area contributed by atoms with Crippen molar-refractivity contribution < 1.29 is 8.42 Å². The fraction of sp³-hybridized carbons (Fsp3) is 1.00. The summed E-state index contributed by atoms with van der Waals surface area (Å²) in [5.41, 5.74) is 0.401. The van der Waals surface area contributed by atoms with E-state index in [4.69, 9.17) is 0 Å². The van der Waals surface area contributed by atoms with Gasteiger partial charge < -0.3 is 0 Å². The van der Waals surface area contributed by atoms with Crippen LogP contribution in [0.15, 0.2) is 0 Å². The quantitative estimate of drug-likeness (QED) is 0.752. The third-order valence-corrected chi connectivity index (χ3v) is 6.10. The van der Waals surface area contributed by atoms with Crippen LogP contribution >= 0.6 is 12.6 Å². The maximum atomic E-state index is 11.4. The van der Waals surface area contributed by atoms with Gasteiger partial charge in [0, 0.05) is 19.1 Å². The standard InChI is InChI=1S/C10H19NO2S2/c1-9-6-15(12,13)5-4-11(9)7-10(8-14)2-3-10/h9,14H,2-8H2,1H3. The Morgan fingerprint density at radius 3 is 2.60 bits per heavy atom. The lowest BCUT2D eigenvalue weighted by Crippen LogP contribution is -2.49. The highest BCUT2D eigenvalue weighted by atomic mass is 32.2. The van der Waals surface area contributed by atoms with E-state index in [1.54, 1.807) is 0 Å². The highest BCUT2D eigenvalue weighted by Crippen LogP contribution is 2.47. The van der Waals surface area contributed by atoms with E-state index in [1.165, 1.54) is 12.8 Å². The summed E-state index contributed by atoms with van der Waals surface area (Å²) in [7, 11) is -2.77. The SMILES string of the molecule is CC1CS(=O)(=O)CCN1CC1(CS)CC1. The van der Waals surface area contributed by atoms with Crippen molar-refractivity contribution in [3.05, 3.63) is 0 Å². The lowest BCUT2D eigenvalue weighted by molar-refractivity contribution is 0.191. The maximum Gasteiger partial charge on any atom is 0.153 e. The van der Waals surface area contributed by atoms with E-state index in [0.717, 1.165) is 12.3 Å². The zero-order chi connectivity index (χ0) is 11.1. The second kappa shape index (κ2) is 3.93. The van der Waals surface area contributed by atoms with Crippen molar-refractivity contribution in [2.24, 2.45) is 5.41 Å². The zero-order valence-corrected chi connectivity index (χ0v) is 10.9. The summed E-state index contributed by atoms with van der Waals surface area (Å²) in [5, 5.41) is 0. The van der Waals surface area contributed by atoms with Crippen molar-refractivity contribution in [2.75, 3.05) is 30.3 Å². The number of thiol groups is 1. The minimum Gasteiger partial charge on any atom is -0.298 e. The minimum atomic E-state index is -2.77. The van der Waals surface area contributed by atoms with Crippen LogP contribution in [0.5, 0.6) is 0 Å². The van der Waals surface area contributed by atoms with Gasteiger partial charge in [-0.05, 0) is 30.9 Å². The Hall–Kier alpha value is 0.260. The third-order valence-electron chi connectivity index (χ3n) is 3.64. The van der Waals surface area contributed by atoms with Crippen LogP contribution in [-0.4, -0.2) is 49.7 Å². The molecular weight excluding hydrogens is 230 g/mol. The fourth-order valence-corrected chi connectivity index (χ4v) is 4.28. The molecule has 2 rings (SSSR count). The lowest BCUT2D eigenvalue weighted by Gasteiger charge is -2.35. The lowest BCUT2D eigenvalue weighted by atomic mass is 10.1. The maximum absolute atomic E-state index is 11.4. The predicted octanol–water partition coefficient (Wildman–Crippen LogP) is 0.815. The zero-order valence-electron chi connectivity index (χ0n) is 9.15. The van der Waals surface area contributed by atoms with Crippen LogP contribution in [0, 0.1) is 5.41 Å². The van der Waals surface area contributed by atoms with Crippen molar-refractivity contribution in [1.82, 2.24) is 4.90 Å². The van der Waals surface area contributed by atoms with Crippen LogP contribution in [0.1, 0.15) is 19.8 Å². The molecule has 1 heterocycles. The molecule has 0 bridgehead atoms. The third kappa shape index (κ3) is 2.68. The first-order valence-electron chi connectivity index (χ1n) is 5.52. The van der Waals surface area contributed by atoms with Gasteiger partial charge in [0.15, 0.2) is 9.84 Å². The molecule has 2 fully saturated rings. The van der Waals surface area contributed by atoms with Crippen molar-refractivity contribution in [1.29, 1.82) is 0 Å². The molecular formula is C10H19NO2S2. The van der Waals surface area contributed by atoms with Crippen LogP contribution in [0.3, 0.4) is 0 Å². The molecule has 1 atom stereocenters. The van der Waals surface area contributed by atoms with Gasteiger partial charge in [-0.3, -0.25) is 4.90 Å². The molecule has 1 saturated heterocycles. The number of rotatable bonds is 3. The van der Waals surface area contributed by atoms with Crippen molar-refractivity contribution in [3.8, 4) is 0 Å². The molecule has 88 valence electrons. The molecule has 1 aliphatic carbocycles. The molecule has 15 heavy (non-hydrogen) atoms. The molecule has 5 heteroatoms. The second-order valence-corrected chi connectivity index (χ2v) is 7.64. The highest BCUT2D eigenvalue weighted by molar-refractivity contribution is 7.91. The van der Waals surface area contributed by atoms with Crippen LogP contribution in [0.25, 0.3) is 0 Å². The molecule has 0 spiro atoms. The molecule has 1 saturated carbocycles. The van der Waals surface area contributed by atoms with Gasteiger partial charge in [-0.15, -0.1) is 0 Å². The van der Waals surface area contributed by atoms with Gasteiger partial charge >= 0.3 is 0 Å². The monoisotopic (exact) mass is 249 g/mol. The summed E-state index contributed by atoms with van der Waals surface area (Å²) < 4.78 is 22.8. The number of hydrogen-bond acceptors (Lipinski definition) is 4. The Kier molecular flexibility index (Phi) is 3.07. The molecule has 2 aliphatic rings. The van der Waals surface area contributed by atoms with Crippen LogP contribution < -0.4 is 0 Å². The molecule has 0 aromatic rings. The van der Waals surface area contributed by atoms with Crippen LogP contribution in [-0.2, 0) is 9.84 Å². The number of nitrogens with zero attached hydrogens (tertiary/aromatic N) is 1. The summed E-state index contributed by atoms with van der Waals surface area (Å²) in [6.07, 6.45) is 2.51. The number of sulfone groups is 1. The second-order valence-electron chi connectivity index (χ2n) is 5.09. The highest BCUT2D eigenvalue weighted by Gasteiger charge is 2.44. The van der Waals surface area contributed by atoms with Crippen molar-refractivity contribution >= 4 is 22.5 Å². The molecule has 0 amide bonds. The summed E-state index contributed by atoms with van der Waals surface area (Å²) in [4.78, 5) is 2.32. The molecule has 0 N–H and O–H groups in total. The number of hydrogen-bond donors (Lipinski definition) is 1. The largest absolute Gasteiger partial charge is 0.298 e. The smallest absolute Gasteiger partial charge is 0.153 e. The van der Waals surface area contributed by atoms with E-state index in [-0.39, 0.29) is 6.04 Å². The Balaban J connectivity index is 1.95. The normalized spacial score (nSPS) is 33.9. The van der Waals surface area contributed by atoms with Gasteiger partial charge in [-0.25, -0.2) is 8.42 Å². The average molecular weight is 249 g/mol. The molecule has 3 nitrogen and oxygen atoms in total. The van der Waals surface area contributed by atoms with Crippen molar-refractivity contribution in [3.63, 3.8) is 0 Å². The molecule has 1 unspecified atom stereocenters. The molecule has 0 aromatic carbocycles. The van der Waals surface area contributed by atoms with Crippen molar-refractivity contribution in [2.45, 2.75) is 25.8 Å². The van der Waals surface area contributed by atoms with E-state index in [0.29, 0.717) is 23.5 Å². The Bertz CT molecular complexity index is 335. The van der Waals surface area contributed by atoms with Gasteiger partial charge in [0.05, 0.1) is 11.5 Å². The molecule has 0 aromatic heterocycles. The van der Waals surface area contributed by atoms with E-state index in [1.807, 2.05) is 6.92 Å². The van der Waals surface area contributed by atoms with E-state index in [2.05, 4.69) is 17.5 Å².